The van der Waals surface area contributed by atoms with E-state index >= 15 is 0 Å². The zero-order valence-corrected chi connectivity index (χ0v) is 17.7. The molecule has 4 aromatic rings. The lowest BCUT2D eigenvalue weighted by Gasteiger charge is -2.15. The average molecular weight is 424 g/mol. The van der Waals surface area contributed by atoms with Crippen LogP contribution in [0.15, 0.2) is 97.1 Å². The lowest BCUT2D eigenvalue weighted by atomic mass is 9.90. The molecule has 0 saturated carbocycles. The number of hydrogen-bond donors (Lipinski definition) is 1. The first-order chi connectivity index (χ1) is 15.6. The summed E-state index contributed by atoms with van der Waals surface area (Å²) in [7, 11) is 0. The first-order valence-electron chi connectivity index (χ1n) is 10.7. The van der Waals surface area contributed by atoms with Gasteiger partial charge in [0.25, 0.3) is 0 Å². The van der Waals surface area contributed by atoms with Crippen LogP contribution in [-0.4, -0.2) is 18.3 Å². The number of rotatable bonds is 8. The number of carbonyl (C=O) groups is 2. The van der Waals surface area contributed by atoms with Crippen LogP contribution in [0.4, 0.5) is 0 Å². The highest BCUT2D eigenvalue weighted by atomic mass is 16.5. The Morgan fingerprint density at radius 3 is 2.12 bits per heavy atom. The zero-order valence-electron chi connectivity index (χ0n) is 17.7. The number of carbonyl (C=O) groups excluding carboxylic acids is 2. The minimum absolute atomic E-state index is 0.0889. The molecule has 160 valence electrons. The van der Waals surface area contributed by atoms with E-state index in [4.69, 9.17) is 10.5 Å². The van der Waals surface area contributed by atoms with Gasteiger partial charge < -0.3 is 10.5 Å². The molecule has 0 aliphatic heterocycles. The number of hydrogen-bond acceptors (Lipinski definition) is 4. The van der Waals surface area contributed by atoms with E-state index in [1.54, 1.807) is 24.3 Å². The molecule has 0 heterocycles. The smallest absolute Gasteiger partial charge is 0.338 e. The standard InChI is InChI=1S/C28H25NO3/c29-18-26(27(30)17-21-12-13-22-6-4-5-9-25(22)16-21)23-14-10-20(11-15-23)19-32-28(31)24-7-2-1-3-8-24/h1-16,26H,17-19,29H2. The number of benzene rings is 4. The number of ether oxygens (including phenoxy) is 1. The number of esters is 1. The van der Waals surface area contributed by atoms with Crippen molar-refractivity contribution in [3.8, 4) is 0 Å². The van der Waals surface area contributed by atoms with E-state index in [0.29, 0.717) is 12.0 Å². The van der Waals surface area contributed by atoms with E-state index in [-0.39, 0.29) is 30.8 Å². The first-order valence-corrected chi connectivity index (χ1v) is 10.7. The fourth-order valence-electron chi connectivity index (χ4n) is 3.78. The van der Waals surface area contributed by atoms with Crippen LogP contribution in [-0.2, 0) is 22.6 Å². The summed E-state index contributed by atoms with van der Waals surface area (Å²) in [6.45, 7) is 0.418. The summed E-state index contributed by atoms with van der Waals surface area (Å²) >= 11 is 0. The summed E-state index contributed by atoms with van der Waals surface area (Å²) < 4.78 is 5.37. The molecule has 1 atom stereocenters. The molecule has 32 heavy (non-hydrogen) atoms. The molecule has 0 spiro atoms. The van der Waals surface area contributed by atoms with Crippen molar-refractivity contribution in [3.63, 3.8) is 0 Å². The Hall–Kier alpha value is -3.76. The van der Waals surface area contributed by atoms with Crippen molar-refractivity contribution >= 4 is 22.5 Å². The zero-order chi connectivity index (χ0) is 22.3. The number of ketones is 1. The number of nitrogens with two attached hydrogens (primary N) is 1. The average Bonchev–Trinajstić information content (AvgIpc) is 2.84. The molecule has 0 amide bonds. The second kappa shape index (κ2) is 10.0. The Balaban J connectivity index is 1.39. The van der Waals surface area contributed by atoms with E-state index < -0.39 is 0 Å². The van der Waals surface area contributed by atoms with Gasteiger partial charge in [-0.3, -0.25) is 4.79 Å². The maximum absolute atomic E-state index is 13.0. The highest BCUT2D eigenvalue weighted by Crippen LogP contribution is 2.21. The molecule has 4 nitrogen and oxygen atoms in total. The molecule has 1 unspecified atom stereocenters. The molecular formula is C28H25NO3. The van der Waals surface area contributed by atoms with Gasteiger partial charge in [0.15, 0.2) is 0 Å². The maximum atomic E-state index is 13.0. The molecule has 0 radical (unpaired) electrons. The van der Waals surface area contributed by atoms with Gasteiger partial charge in [-0.15, -0.1) is 0 Å². The van der Waals surface area contributed by atoms with Gasteiger partial charge in [-0.1, -0.05) is 84.9 Å². The van der Waals surface area contributed by atoms with Gasteiger partial charge >= 0.3 is 5.97 Å². The van der Waals surface area contributed by atoms with Crippen molar-refractivity contribution in [3.05, 3.63) is 119 Å². The summed E-state index contributed by atoms with van der Waals surface area (Å²) in [6.07, 6.45) is 0.336. The summed E-state index contributed by atoms with van der Waals surface area (Å²) in [4.78, 5) is 25.1. The van der Waals surface area contributed by atoms with Crippen LogP contribution in [0.25, 0.3) is 10.8 Å². The van der Waals surface area contributed by atoms with Crippen LogP contribution in [0.1, 0.15) is 33.0 Å². The van der Waals surface area contributed by atoms with Gasteiger partial charge in [0.2, 0.25) is 0 Å². The van der Waals surface area contributed by atoms with Gasteiger partial charge in [-0.05, 0) is 39.6 Å². The van der Waals surface area contributed by atoms with Gasteiger partial charge in [0, 0.05) is 13.0 Å². The SMILES string of the molecule is NCC(C(=O)Cc1ccc2ccccc2c1)c1ccc(COC(=O)c2ccccc2)cc1. The predicted molar refractivity (Wildman–Crippen MR) is 126 cm³/mol. The summed E-state index contributed by atoms with van der Waals surface area (Å²) in [5.41, 5.74) is 9.19. The molecule has 0 aliphatic carbocycles. The van der Waals surface area contributed by atoms with Crippen molar-refractivity contribution in [1.29, 1.82) is 0 Å². The molecule has 0 aromatic heterocycles. The normalized spacial score (nSPS) is 11.8. The lowest BCUT2D eigenvalue weighted by Crippen LogP contribution is -2.23. The minimum Gasteiger partial charge on any atom is -0.457 e. The predicted octanol–water partition coefficient (Wildman–Crippen LogP) is 5.05. The van der Waals surface area contributed by atoms with E-state index in [0.717, 1.165) is 27.5 Å². The largest absolute Gasteiger partial charge is 0.457 e. The monoisotopic (exact) mass is 423 g/mol. The van der Waals surface area contributed by atoms with Gasteiger partial charge in [0.05, 0.1) is 11.5 Å². The summed E-state index contributed by atoms with van der Waals surface area (Å²) in [5, 5.41) is 2.28. The Morgan fingerprint density at radius 1 is 0.750 bits per heavy atom. The van der Waals surface area contributed by atoms with Crippen LogP contribution < -0.4 is 5.73 Å². The molecule has 4 aromatic carbocycles. The van der Waals surface area contributed by atoms with Crippen LogP contribution in [0.3, 0.4) is 0 Å². The number of Topliss-reactive ketones (excluding diaryl/α,β-unsaturated/α-hetero) is 1. The third-order valence-corrected chi connectivity index (χ3v) is 5.58. The van der Waals surface area contributed by atoms with Gasteiger partial charge in [0.1, 0.15) is 12.4 Å². The van der Waals surface area contributed by atoms with Gasteiger partial charge in [-0.2, -0.15) is 0 Å². The molecule has 0 aliphatic rings. The second-order valence-electron chi connectivity index (χ2n) is 7.80. The van der Waals surface area contributed by atoms with Crippen molar-refractivity contribution in [1.82, 2.24) is 0 Å². The Bertz CT molecular complexity index is 1220. The first kappa shape index (κ1) is 21.5. The summed E-state index contributed by atoms with van der Waals surface area (Å²) in [5.74, 6) is -0.645. The third-order valence-electron chi connectivity index (χ3n) is 5.58. The topological polar surface area (TPSA) is 69.4 Å². The second-order valence-corrected chi connectivity index (χ2v) is 7.80. The molecule has 4 heteroatoms. The van der Waals surface area contributed by atoms with E-state index in [2.05, 4.69) is 12.1 Å². The van der Waals surface area contributed by atoms with Crippen molar-refractivity contribution in [2.24, 2.45) is 5.73 Å². The fourth-order valence-corrected chi connectivity index (χ4v) is 3.78. The van der Waals surface area contributed by atoms with Crippen molar-refractivity contribution in [2.45, 2.75) is 18.9 Å². The molecular weight excluding hydrogens is 398 g/mol. The highest BCUT2D eigenvalue weighted by molar-refractivity contribution is 5.90. The molecule has 0 bridgehead atoms. The number of fused-ring (bicyclic) bond motifs is 1. The van der Waals surface area contributed by atoms with E-state index in [9.17, 15) is 9.59 Å². The van der Waals surface area contributed by atoms with E-state index in [1.165, 1.54) is 0 Å². The van der Waals surface area contributed by atoms with Crippen molar-refractivity contribution < 1.29 is 14.3 Å². The summed E-state index contributed by atoms with van der Waals surface area (Å²) in [6, 6.07) is 30.6. The fraction of sp³-hybridized carbons (Fsp3) is 0.143. The van der Waals surface area contributed by atoms with Crippen LogP contribution >= 0.6 is 0 Å². The Kier molecular flexibility index (Phi) is 6.73. The molecule has 0 saturated heterocycles. The Labute approximate surface area is 187 Å². The van der Waals surface area contributed by atoms with E-state index in [1.807, 2.05) is 60.7 Å². The molecule has 0 fully saturated rings. The van der Waals surface area contributed by atoms with Crippen LogP contribution in [0.5, 0.6) is 0 Å². The van der Waals surface area contributed by atoms with Crippen molar-refractivity contribution in [2.75, 3.05) is 6.54 Å². The Morgan fingerprint density at radius 2 is 1.41 bits per heavy atom. The molecule has 2 N–H and O–H groups in total. The maximum Gasteiger partial charge on any atom is 0.338 e. The van der Waals surface area contributed by atoms with Gasteiger partial charge in [-0.25, -0.2) is 4.79 Å². The minimum atomic E-state index is -0.373. The van der Waals surface area contributed by atoms with Crippen LogP contribution in [0.2, 0.25) is 0 Å². The van der Waals surface area contributed by atoms with Crippen LogP contribution in [0, 0.1) is 0 Å². The molecule has 4 rings (SSSR count). The highest BCUT2D eigenvalue weighted by Gasteiger charge is 2.19. The lowest BCUT2D eigenvalue weighted by molar-refractivity contribution is -0.119. The quantitative estimate of drug-likeness (QED) is 0.403. The third kappa shape index (κ3) is 5.10.